The normalized spacial score (nSPS) is 14.3. The maximum Gasteiger partial charge on any atom is 0.230 e. The lowest BCUT2D eigenvalue weighted by Gasteiger charge is -2.21. The molecule has 1 aliphatic heterocycles. The topological polar surface area (TPSA) is 45.2 Å². The lowest BCUT2D eigenvalue weighted by Crippen LogP contribution is -2.22. The maximum absolute atomic E-state index is 14.2. The van der Waals surface area contributed by atoms with Gasteiger partial charge in [-0.3, -0.25) is 4.79 Å². The smallest absolute Gasteiger partial charge is 0.230 e. The third kappa shape index (κ3) is 3.69. The van der Waals surface area contributed by atoms with Gasteiger partial charge in [0, 0.05) is 18.5 Å². The van der Waals surface area contributed by atoms with Gasteiger partial charge in [-0.05, 0) is 31.4 Å². The van der Waals surface area contributed by atoms with Gasteiger partial charge in [-0.25, -0.2) is 9.37 Å². The number of hydrogen-bond acceptors (Lipinski definition) is 4. The van der Waals surface area contributed by atoms with E-state index in [9.17, 15) is 9.18 Å². The molecule has 0 bridgehead atoms. The van der Waals surface area contributed by atoms with E-state index in [2.05, 4.69) is 15.2 Å². The second-order valence-electron chi connectivity index (χ2n) is 5.64. The molecule has 1 aliphatic rings. The molecule has 23 heavy (non-hydrogen) atoms. The van der Waals surface area contributed by atoms with Crippen molar-refractivity contribution in [3.8, 4) is 0 Å². The standard InChI is InChI=1S/C17H20FN3OS/c1-2-16-19-12(11-23-16)10-15(22)20-17-13(18)6-5-7-14(17)21-8-3-4-9-21/h5-7,11H,2-4,8-10H2,1H3,(H,20,22). The van der Waals surface area contributed by atoms with Gasteiger partial charge in [-0.15, -0.1) is 11.3 Å². The van der Waals surface area contributed by atoms with Crippen LogP contribution in [0, 0.1) is 5.82 Å². The van der Waals surface area contributed by atoms with E-state index in [-0.39, 0.29) is 18.0 Å². The summed E-state index contributed by atoms with van der Waals surface area (Å²) >= 11 is 1.55. The lowest BCUT2D eigenvalue weighted by molar-refractivity contribution is -0.115. The quantitative estimate of drug-likeness (QED) is 0.909. The van der Waals surface area contributed by atoms with Crippen LogP contribution in [0.4, 0.5) is 15.8 Å². The minimum Gasteiger partial charge on any atom is -0.370 e. The number of hydrogen-bond donors (Lipinski definition) is 1. The fourth-order valence-electron chi connectivity index (χ4n) is 2.80. The first-order valence-electron chi connectivity index (χ1n) is 7.94. The molecule has 0 radical (unpaired) electrons. The molecule has 4 nitrogen and oxygen atoms in total. The molecule has 0 atom stereocenters. The van der Waals surface area contributed by atoms with E-state index in [0.29, 0.717) is 0 Å². The Morgan fingerprint density at radius 1 is 1.39 bits per heavy atom. The Hall–Kier alpha value is -1.95. The largest absolute Gasteiger partial charge is 0.370 e. The van der Waals surface area contributed by atoms with Crippen molar-refractivity contribution in [2.45, 2.75) is 32.6 Å². The lowest BCUT2D eigenvalue weighted by atomic mass is 10.2. The zero-order valence-corrected chi connectivity index (χ0v) is 14.0. The van der Waals surface area contributed by atoms with Crippen molar-refractivity contribution in [1.29, 1.82) is 0 Å². The van der Waals surface area contributed by atoms with Crippen LogP contribution >= 0.6 is 11.3 Å². The number of aromatic nitrogens is 1. The first kappa shape index (κ1) is 15.9. The van der Waals surface area contributed by atoms with Gasteiger partial charge in [-0.2, -0.15) is 0 Å². The number of nitrogens with zero attached hydrogens (tertiary/aromatic N) is 2. The summed E-state index contributed by atoms with van der Waals surface area (Å²) in [5.74, 6) is -0.626. The van der Waals surface area contributed by atoms with Crippen molar-refractivity contribution < 1.29 is 9.18 Å². The molecule has 1 aromatic heterocycles. The van der Waals surface area contributed by atoms with Crippen LogP contribution in [0.1, 0.15) is 30.5 Å². The van der Waals surface area contributed by atoms with Crippen LogP contribution in [0.25, 0.3) is 0 Å². The van der Waals surface area contributed by atoms with Gasteiger partial charge in [0.15, 0.2) is 0 Å². The number of nitrogens with one attached hydrogen (secondary N) is 1. The van der Waals surface area contributed by atoms with Gasteiger partial charge in [0.05, 0.1) is 22.8 Å². The Kier molecular flexibility index (Phi) is 4.91. The van der Waals surface area contributed by atoms with Gasteiger partial charge in [0.2, 0.25) is 5.91 Å². The molecule has 1 aromatic carbocycles. The summed E-state index contributed by atoms with van der Waals surface area (Å²) in [6, 6.07) is 4.93. The molecule has 2 aromatic rings. The van der Waals surface area contributed by atoms with Crippen molar-refractivity contribution in [2.75, 3.05) is 23.3 Å². The summed E-state index contributed by atoms with van der Waals surface area (Å²) in [4.78, 5) is 18.8. The molecular formula is C17H20FN3OS. The zero-order valence-electron chi connectivity index (χ0n) is 13.1. The Balaban J connectivity index is 1.74. The molecule has 0 unspecified atom stereocenters. The van der Waals surface area contributed by atoms with E-state index >= 15 is 0 Å². The van der Waals surface area contributed by atoms with Crippen molar-refractivity contribution >= 4 is 28.6 Å². The molecule has 122 valence electrons. The number of carbonyl (C=O) groups is 1. The number of carbonyl (C=O) groups excluding carboxylic acids is 1. The first-order valence-corrected chi connectivity index (χ1v) is 8.82. The van der Waals surface area contributed by atoms with Crippen molar-refractivity contribution in [2.24, 2.45) is 0 Å². The van der Waals surface area contributed by atoms with E-state index < -0.39 is 5.82 Å². The second-order valence-corrected chi connectivity index (χ2v) is 6.58. The molecule has 1 amide bonds. The number of thiazole rings is 1. The highest BCUT2D eigenvalue weighted by Crippen LogP contribution is 2.31. The SMILES string of the molecule is CCc1nc(CC(=O)Nc2c(F)cccc2N2CCCC2)cs1. The summed E-state index contributed by atoms with van der Waals surface area (Å²) < 4.78 is 14.2. The third-order valence-corrected chi connectivity index (χ3v) is 4.99. The number of benzene rings is 1. The van der Waals surface area contributed by atoms with Crippen LogP contribution in [-0.2, 0) is 17.6 Å². The maximum atomic E-state index is 14.2. The fraction of sp³-hybridized carbons (Fsp3) is 0.412. The number of anilines is 2. The Morgan fingerprint density at radius 3 is 2.87 bits per heavy atom. The van der Waals surface area contributed by atoms with E-state index in [1.165, 1.54) is 6.07 Å². The first-order chi connectivity index (χ1) is 11.2. The van der Waals surface area contributed by atoms with Gasteiger partial charge >= 0.3 is 0 Å². The average Bonchev–Trinajstić information content (AvgIpc) is 3.20. The number of para-hydroxylation sites is 1. The molecular weight excluding hydrogens is 313 g/mol. The molecule has 1 N–H and O–H groups in total. The minimum atomic E-state index is -0.393. The summed E-state index contributed by atoms with van der Waals surface area (Å²) in [6.07, 6.45) is 3.23. The Labute approximate surface area is 139 Å². The highest BCUT2D eigenvalue weighted by Gasteiger charge is 2.20. The summed E-state index contributed by atoms with van der Waals surface area (Å²) in [5.41, 5.74) is 1.79. The molecule has 6 heteroatoms. The van der Waals surface area contributed by atoms with Crippen molar-refractivity contribution in [1.82, 2.24) is 4.98 Å². The molecule has 2 heterocycles. The highest BCUT2D eigenvalue weighted by atomic mass is 32.1. The molecule has 0 aliphatic carbocycles. The molecule has 1 fully saturated rings. The predicted molar refractivity (Wildman–Crippen MR) is 91.7 cm³/mol. The minimum absolute atomic E-state index is 0.171. The predicted octanol–water partition coefficient (Wildman–Crippen LogP) is 3.63. The third-order valence-electron chi connectivity index (χ3n) is 3.95. The average molecular weight is 333 g/mol. The van der Waals surface area contributed by atoms with Gasteiger partial charge in [0.25, 0.3) is 0 Å². The number of halogens is 1. The van der Waals surface area contributed by atoms with E-state index in [0.717, 1.165) is 48.7 Å². The Morgan fingerprint density at radius 2 is 2.17 bits per heavy atom. The van der Waals surface area contributed by atoms with Crippen LogP contribution in [-0.4, -0.2) is 24.0 Å². The summed E-state index contributed by atoms with van der Waals surface area (Å²) in [7, 11) is 0. The van der Waals surface area contributed by atoms with Crippen LogP contribution < -0.4 is 10.2 Å². The zero-order chi connectivity index (χ0) is 16.2. The van der Waals surface area contributed by atoms with Crippen LogP contribution in [0.5, 0.6) is 0 Å². The molecule has 0 spiro atoms. The van der Waals surface area contributed by atoms with Gasteiger partial charge < -0.3 is 10.2 Å². The number of amides is 1. The monoisotopic (exact) mass is 333 g/mol. The van der Waals surface area contributed by atoms with Crippen molar-refractivity contribution in [3.05, 3.63) is 40.1 Å². The number of rotatable bonds is 5. The molecule has 3 rings (SSSR count). The fourth-order valence-corrected chi connectivity index (χ4v) is 3.54. The highest BCUT2D eigenvalue weighted by molar-refractivity contribution is 7.09. The molecule has 0 saturated carbocycles. The van der Waals surface area contributed by atoms with Crippen LogP contribution in [0.3, 0.4) is 0 Å². The van der Waals surface area contributed by atoms with E-state index in [4.69, 9.17) is 0 Å². The van der Waals surface area contributed by atoms with Crippen molar-refractivity contribution in [3.63, 3.8) is 0 Å². The van der Waals surface area contributed by atoms with Gasteiger partial charge in [-0.1, -0.05) is 13.0 Å². The van der Waals surface area contributed by atoms with E-state index in [1.807, 2.05) is 18.4 Å². The van der Waals surface area contributed by atoms with Crippen LogP contribution in [0.2, 0.25) is 0 Å². The van der Waals surface area contributed by atoms with Gasteiger partial charge in [0.1, 0.15) is 11.5 Å². The second kappa shape index (κ2) is 7.08. The summed E-state index contributed by atoms with van der Waals surface area (Å²) in [5, 5.41) is 5.64. The Bertz CT molecular complexity index is 695. The van der Waals surface area contributed by atoms with Crippen LogP contribution in [0.15, 0.2) is 23.6 Å². The van der Waals surface area contributed by atoms with E-state index in [1.54, 1.807) is 17.4 Å². The molecule has 1 saturated heterocycles. The number of aryl methyl sites for hydroxylation is 1. The summed E-state index contributed by atoms with van der Waals surface area (Å²) in [6.45, 7) is 3.83.